The Balaban J connectivity index is 1.54. The fraction of sp³-hybridized carbons (Fsp3) is 0.391. The van der Waals surface area contributed by atoms with E-state index in [1.807, 2.05) is 37.5 Å². The average molecular weight is 393 g/mol. The highest BCUT2D eigenvalue weighted by molar-refractivity contribution is 5.27. The predicted molar refractivity (Wildman–Crippen MR) is 110 cm³/mol. The molecule has 0 spiro atoms. The van der Waals surface area contributed by atoms with E-state index in [2.05, 4.69) is 39.3 Å². The molecular weight excluding hydrogens is 366 g/mol. The zero-order chi connectivity index (χ0) is 20.1. The molecule has 0 amide bonds. The molecule has 1 aliphatic rings. The Kier molecular flexibility index (Phi) is 6.22. The van der Waals surface area contributed by atoms with E-state index in [4.69, 9.17) is 14.0 Å². The second kappa shape index (κ2) is 9.20. The summed E-state index contributed by atoms with van der Waals surface area (Å²) in [4.78, 5) is 6.65. The number of rotatable bonds is 8. The van der Waals surface area contributed by atoms with Gasteiger partial charge < -0.3 is 14.0 Å². The number of pyridine rings is 1. The summed E-state index contributed by atoms with van der Waals surface area (Å²) in [5.41, 5.74) is 3.41. The molecule has 2 aromatic heterocycles. The van der Waals surface area contributed by atoms with Crippen LogP contribution in [0.2, 0.25) is 0 Å². The summed E-state index contributed by atoms with van der Waals surface area (Å²) in [6.45, 7) is 5.09. The molecule has 29 heavy (non-hydrogen) atoms. The number of aryl methyl sites for hydroxylation is 1. The zero-order valence-electron chi connectivity index (χ0n) is 17.0. The average Bonchev–Trinajstić information content (AvgIpc) is 3.38. The molecule has 0 bridgehead atoms. The van der Waals surface area contributed by atoms with Crippen LogP contribution in [0, 0.1) is 12.8 Å². The van der Waals surface area contributed by atoms with Gasteiger partial charge in [0.15, 0.2) is 0 Å². The summed E-state index contributed by atoms with van der Waals surface area (Å²) in [7, 11) is 1.69. The van der Waals surface area contributed by atoms with E-state index in [9.17, 15) is 0 Å². The van der Waals surface area contributed by atoms with Crippen LogP contribution in [0.4, 0.5) is 0 Å². The van der Waals surface area contributed by atoms with Crippen LogP contribution < -0.4 is 4.74 Å². The standard InChI is InChI=1S/C23H27N3O3/c1-17-11-22(29-25-17)12-20-15-28-16-23(20)26(14-19-7-9-24-10-8-19)13-18-3-5-21(27-2)6-4-18/h3-11,20,23H,12-16H2,1-2H3/t20-,23-/m1/s1. The molecule has 0 saturated carbocycles. The van der Waals surface area contributed by atoms with Gasteiger partial charge in [0.1, 0.15) is 11.5 Å². The van der Waals surface area contributed by atoms with E-state index in [0.717, 1.165) is 49.9 Å². The molecule has 0 aliphatic carbocycles. The molecule has 6 nitrogen and oxygen atoms in total. The number of nitrogens with zero attached hydrogens (tertiary/aromatic N) is 3. The highest BCUT2D eigenvalue weighted by Crippen LogP contribution is 2.27. The molecule has 3 aromatic rings. The molecule has 1 fully saturated rings. The van der Waals surface area contributed by atoms with Gasteiger partial charge in [0.2, 0.25) is 0 Å². The molecule has 0 unspecified atom stereocenters. The Labute approximate surface area is 171 Å². The molecule has 2 atom stereocenters. The van der Waals surface area contributed by atoms with Crippen LogP contribution in [-0.4, -0.2) is 41.4 Å². The smallest absolute Gasteiger partial charge is 0.137 e. The summed E-state index contributed by atoms with van der Waals surface area (Å²) in [5.74, 6) is 2.16. The van der Waals surface area contributed by atoms with E-state index in [-0.39, 0.29) is 0 Å². The lowest BCUT2D eigenvalue weighted by atomic mass is 9.95. The third kappa shape index (κ3) is 5.02. The van der Waals surface area contributed by atoms with Crippen molar-refractivity contribution in [3.05, 3.63) is 77.4 Å². The van der Waals surface area contributed by atoms with Crippen molar-refractivity contribution in [3.8, 4) is 5.75 Å². The van der Waals surface area contributed by atoms with Crippen LogP contribution in [0.5, 0.6) is 5.75 Å². The highest BCUT2D eigenvalue weighted by Gasteiger charge is 2.34. The topological polar surface area (TPSA) is 60.6 Å². The minimum absolute atomic E-state index is 0.302. The van der Waals surface area contributed by atoms with Crippen LogP contribution in [0.3, 0.4) is 0 Å². The molecule has 152 valence electrons. The van der Waals surface area contributed by atoms with Gasteiger partial charge in [-0.05, 0) is 42.3 Å². The largest absolute Gasteiger partial charge is 0.497 e. The predicted octanol–water partition coefficient (Wildman–Crippen LogP) is 3.65. The van der Waals surface area contributed by atoms with Crippen molar-refractivity contribution in [2.75, 3.05) is 20.3 Å². The molecule has 4 rings (SSSR count). The van der Waals surface area contributed by atoms with Crippen LogP contribution in [0.1, 0.15) is 22.6 Å². The van der Waals surface area contributed by atoms with Crippen LogP contribution in [-0.2, 0) is 24.2 Å². The van der Waals surface area contributed by atoms with Crippen LogP contribution in [0.15, 0.2) is 59.4 Å². The fourth-order valence-corrected chi connectivity index (χ4v) is 3.94. The van der Waals surface area contributed by atoms with Gasteiger partial charge in [-0.1, -0.05) is 17.3 Å². The quantitative estimate of drug-likeness (QED) is 0.582. The summed E-state index contributed by atoms with van der Waals surface area (Å²) >= 11 is 0. The lowest BCUT2D eigenvalue weighted by Gasteiger charge is -2.32. The minimum atomic E-state index is 0.302. The van der Waals surface area contributed by atoms with Crippen molar-refractivity contribution in [2.45, 2.75) is 32.5 Å². The molecule has 1 saturated heterocycles. The maximum absolute atomic E-state index is 5.91. The first-order valence-corrected chi connectivity index (χ1v) is 9.97. The monoisotopic (exact) mass is 393 g/mol. The molecule has 6 heteroatoms. The summed E-state index contributed by atoms with van der Waals surface area (Å²) in [6.07, 6.45) is 4.53. The fourth-order valence-electron chi connectivity index (χ4n) is 3.94. The Morgan fingerprint density at radius 2 is 1.76 bits per heavy atom. The van der Waals surface area contributed by atoms with Gasteiger partial charge in [-0.2, -0.15) is 0 Å². The number of hydrogen-bond acceptors (Lipinski definition) is 6. The van der Waals surface area contributed by atoms with Crippen molar-refractivity contribution in [2.24, 2.45) is 5.92 Å². The van der Waals surface area contributed by atoms with Crippen molar-refractivity contribution >= 4 is 0 Å². The molecule has 1 aliphatic heterocycles. The second-order valence-corrected chi connectivity index (χ2v) is 7.61. The Hall–Kier alpha value is -2.70. The molecule has 0 radical (unpaired) electrons. The maximum Gasteiger partial charge on any atom is 0.137 e. The van der Waals surface area contributed by atoms with E-state index in [1.165, 1.54) is 11.1 Å². The first-order chi connectivity index (χ1) is 14.2. The van der Waals surface area contributed by atoms with Gasteiger partial charge in [0.25, 0.3) is 0 Å². The third-order valence-electron chi connectivity index (χ3n) is 5.45. The van der Waals surface area contributed by atoms with E-state index < -0.39 is 0 Å². The lowest BCUT2D eigenvalue weighted by Crippen LogP contribution is -2.40. The lowest BCUT2D eigenvalue weighted by molar-refractivity contribution is 0.127. The molecule has 0 N–H and O–H groups in total. The van der Waals surface area contributed by atoms with Gasteiger partial charge in [-0.15, -0.1) is 0 Å². The summed E-state index contributed by atoms with van der Waals surface area (Å²) < 4.78 is 16.7. The summed E-state index contributed by atoms with van der Waals surface area (Å²) in [6, 6.07) is 14.8. The Bertz CT molecular complexity index is 895. The SMILES string of the molecule is COc1ccc(CN(Cc2ccncc2)[C@@H]2COC[C@H]2Cc2cc(C)no2)cc1. The van der Waals surface area contributed by atoms with Crippen molar-refractivity contribution in [1.82, 2.24) is 15.0 Å². The number of methoxy groups -OCH3 is 1. The molecule has 3 heterocycles. The molecule has 1 aromatic carbocycles. The Morgan fingerprint density at radius 3 is 2.41 bits per heavy atom. The minimum Gasteiger partial charge on any atom is -0.497 e. The van der Waals surface area contributed by atoms with Gasteiger partial charge in [-0.3, -0.25) is 9.88 Å². The van der Waals surface area contributed by atoms with E-state index >= 15 is 0 Å². The van der Waals surface area contributed by atoms with E-state index in [0.29, 0.717) is 12.0 Å². The third-order valence-corrected chi connectivity index (χ3v) is 5.45. The van der Waals surface area contributed by atoms with Crippen LogP contribution in [0.25, 0.3) is 0 Å². The van der Waals surface area contributed by atoms with Crippen molar-refractivity contribution in [3.63, 3.8) is 0 Å². The second-order valence-electron chi connectivity index (χ2n) is 7.61. The van der Waals surface area contributed by atoms with Gasteiger partial charge in [0, 0.05) is 49.9 Å². The molecular formula is C23H27N3O3. The zero-order valence-corrected chi connectivity index (χ0v) is 17.0. The number of ether oxygens (including phenoxy) is 2. The summed E-state index contributed by atoms with van der Waals surface area (Å²) in [5, 5.41) is 4.03. The normalized spacial score (nSPS) is 19.0. The maximum atomic E-state index is 5.91. The first kappa shape index (κ1) is 19.6. The number of hydrogen-bond donors (Lipinski definition) is 0. The number of benzene rings is 1. The van der Waals surface area contributed by atoms with Crippen LogP contribution >= 0.6 is 0 Å². The Morgan fingerprint density at radius 1 is 1.03 bits per heavy atom. The highest BCUT2D eigenvalue weighted by atomic mass is 16.5. The number of aromatic nitrogens is 2. The van der Waals surface area contributed by atoms with Gasteiger partial charge in [-0.25, -0.2) is 0 Å². The first-order valence-electron chi connectivity index (χ1n) is 9.97. The van der Waals surface area contributed by atoms with Gasteiger partial charge in [0.05, 0.1) is 26.0 Å². The van der Waals surface area contributed by atoms with Crippen molar-refractivity contribution in [1.29, 1.82) is 0 Å². The van der Waals surface area contributed by atoms with Crippen molar-refractivity contribution < 1.29 is 14.0 Å². The van der Waals surface area contributed by atoms with Gasteiger partial charge >= 0.3 is 0 Å². The van der Waals surface area contributed by atoms with E-state index in [1.54, 1.807) is 7.11 Å².